The van der Waals surface area contributed by atoms with Crippen molar-refractivity contribution in [3.8, 4) is 0 Å². The van der Waals surface area contributed by atoms with Gasteiger partial charge >= 0.3 is 0 Å². The highest BCUT2D eigenvalue weighted by Gasteiger charge is 2.28. The van der Waals surface area contributed by atoms with Gasteiger partial charge in [-0.25, -0.2) is 8.42 Å². The molecule has 0 bridgehead atoms. The lowest BCUT2D eigenvalue weighted by molar-refractivity contribution is -0.122. The minimum absolute atomic E-state index is 0.104. The molecule has 1 aromatic carbocycles. The van der Waals surface area contributed by atoms with Crippen LogP contribution < -0.4 is 10.0 Å². The topological polar surface area (TPSA) is 88.2 Å². The van der Waals surface area contributed by atoms with Gasteiger partial charge in [-0.3, -0.25) is 9.78 Å². The number of sulfonamides is 1. The zero-order valence-electron chi connectivity index (χ0n) is 12.9. The summed E-state index contributed by atoms with van der Waals surface area (Å²) in [6.07, 6.45) is 3.81. The lowest BCUT2D eigenvalue weighted by Crippen LogP contribution is -2.45. The Balaban J connectivity index is 1.98. The summed E-state index contributed by atoms with van der Waals surface area (Å²) in [5.41, 5.74) is 1.38. The molecule has 1 atom stereocenters. The first-order valence-corrected chi connectivity index (χ1v) is 9.11. The summed E-state index contributed by atoms with van der Waals surface area (Å²) in [5, 5.41) is 3.49. The van der Waals surface area contributed by atoms with E-state index in [1.165, 1.54) is 6.07 Å². The van der Waals surface area contributed by atoms with Gasteiger partial charge in [-0.15, -0.1) is 0 Å². The van der Waals surface area contributed by atoms with E-state index in [-0.39, 0.29) is 10.8 Å². The molecule has 2 aromatic rings. The fourth-order valence-corrected chi connectivity index (χ4v) is 4.17. The highest BCUT2D eigenvalue weighted by atomic mass is 32.2. The summed E-state index contributed by atoms with van der Waals surface area (Å²) in [4.78, 5) is 16.3. The number of carbonyl (C=O) groups is 1. The molecule has 0 unspecified atom stereocenters. The zero-order valence-corrected chi connectivity index (χ0v) is 13.7. The maximum Gasteiger partial charge on any atom is 0.243 e. The molecule has 1 saturated heterocycles. The fraction of sp³-hybridized carbons (Fsp3) is 0.375. The van der Waals surface area contributed by atoms with Crippen molar-refractivity contribution < 1.29 is 13.2 Å². The number of rotatable bonds is 3. The summed E-state index contributed by atoms with van der Waals surface area (Å²) in [5.74, 6) is -0.268. The predicted octanol–water partition coefficient (Wildman–Crippen LogP) is 1.49. The molecule has 1 fully saturated rings. The van der Waals surface area contributed by atoms with E-state index in [2.05, 4.69) is 15.0 Å². The maximum absolute atomic E-state index is 12.7. The van der Waals surface area contributed by atoms with Gasteiger partial charge in [0, 0.05) is 18.1 Å². The van der Waals surface area contributed by atoms with Crippen LogP contribution in [0.15, 0.2) is 35.4 Å². The van der Waals surface area contributed by atoms with Crippen LogP contribution in [0, 0.1) is 6.92 Å². The third-order valence-electron chi connectivity index (χ3n) is 3.93. The molecule has 0 saturated carbocycles. The Hall–Kier alpha value is -1.99. The first-order valence-electron chi connectivity index (χ1n) is 7.63. The van der Waals surface area contributed by atoms with Crippen molar-refractivity contribution in [2.45, 2.75) is 37.1 Å². The standard InChI is InChI=1S/C16H19N3O3S/c1-11-9-12-5-4-7-14(15(12)18-10-11)23(21,22)19-13-6-2-3-8-17-16(13)20/h4-5,7,9-10,13,19H,2-3,6,8H2,1H3,(H,17,20)/t13-/m1/s1. The summed E-state index contributed by atoms with van der Waals surface area (Å²) in [7, 11) is -3.82. The SMILES string of the molecule is Cc1cnc2c(S(=O)(=O)N[C@@H]3CCCCNC3=O)cccc2c1. The zero-order chi connectivity index (χ0) is 16.4. The predicted molar refractivity (Wildman–Crippen MR) is 87.5 cm³/mol. The second-order valence-electron chi connectivity index (χ2n) is 5.80. The van der Waals surface area contributed by atoms with Crippen molar-refractivity contribution in [3.63, 3.8) is 0 Å². The third-order valence-corrected chi connectivity index (χ3v) is 5.44. The van der Waals surface area contributed by atoms with Crippen LogP contribution in [0.1, 0.15) is 24.8 Å². The number of pyridine rings is 1. The first kappa shape index (κ1) is 15.9. The van der Waals surface area contributed by atoms with Crippen LogP contribution in [0.5, 0.6) is 0 Å². The highest BCUT2D eigenvalue weighted by molar-refractivity contribution is 7.89. The van der Waals surface area contributed by atoms with E-state index < -0.39 is 16.1 Å². The first-order chi connectivity index (χ1) is 11.0. The van der Waals surface area contributed by atoms with E-state index in [0.29, 0.717) is 18.5 Å². The summed E-state index contributed by atoms with van der Waals surface area (Å²) >= 11 is 0. The van der Waals surface area contributed by atoms with E-state index in [4.69, 9.17) is 0 Å². The number of nitrogens with zero attached hydrogens (tertiary/aromatic N) is 1. The van der Waals surface area contributed by atoms with Crippen molar-refractivity contribution in [1.82, 2.24) is 15.0 Å². The number of carbonyl (C=O) groups excluding carboxylic acids is 1. The molecule has 1 aromatic heterocycles. The van der Waals surface area contributed by atoms with Gasteiger partial charge in [0.2, 0.25) is 15.9 Å². The van der Waals surface area contributed by atoms with Gasteiger partial charge in [-0.2, -0.15) is 4.72 Å². The molecule has 1 aliphatic heterocycles. The number of hydrogen-bond donors (Lipinski definition) is 2. The number of para-hydroxylation sites is 1. The molecule has 1 aliphatic rings. The van der Waals surface area contributed by atoms with Crippen LogP contribution in [-0.4, -0.2) is 31.9 Å². The van der Waals surface area contributed by atoms with Crippen LogP contribution in [0.2, 0.25) is 0 Å². The Morgan fingerprint density at radius 2 is 2.13 bits per heavy atom. The molecule has 2 N–H and O–H groups in total. The molecule has 1 amide bonds. The van der Waals surface area contributed by atoms with Crippen LogP contribution in [0.3, 0.4) is 0 Å². The molecule has 0 aliphatic carbocycles. The molecule has 2 heterocycles. The Morgan fingerprint density at radius 1 is 1.30 bits per heavy atom. The number of nitrogens with one attached hydrogen (secondary N) is 2. The second kappa shape index (κ2) is 6.25. The van der Waals surface area contributed by atoms with E-state index in [9.17, 15) is 13.2 Å². The smallest absolute Gasteiger partial charge is 0.243 e. The average molecular weight is 333 g/mol. The van der Waals surface area contributed by atoms with Crippen molar-refractivity contribution in [3.05, 3.63) is 36.0 Å². The molecular formula is C16H19N3O3S. The molecule has 23 heavy (non-hydrogen) atoms. The van der Waals surface area contributed by atoms with E-state index in [1.807, 2.05) is 19.1 Å². The average Bonchev–Trinajstić information content (AvgIpc) is 2.71. The Bertz CT molecular complexity index is 849. The minimum atomic E-state index is -3.82. The van der Waals surface area contributed by atoms with Crippen molar-refractivity contribution in [1.29, 1.82) is 0 Å². The number of amides is 1. The van der Waals surface area contributed by atoms with Crippen molar-refractivity contribution in [2.75, 3.05) is 6.54 Å². The van der Waals surface area contributed by atoms with Crippen LogP contribution in [0.4, 0.5) is 0 Å². The van der Waals surface area contributed by atoms with Gasteiger partial charge in [-0.05, 0) is 43.9 Å². The molecule has 6 nitrogen and oxygen atoms in total. The molecule has 122 valence electrons. The summed E-state index contributed by atoms with van der Waals surface area (Å²) in [6, 6.07) is 6.18. The van der Waals surface area contributed by atoms with E-state index in [1.54, 1.807) is 12.3 Å². The number of fused-ring (bicyclic) bond motifs is 1. The van der Waals surface area contributed by atoms with Crippen LogP contribution in [0.25, 0.3) is 10.9 Å². The molecule has 7 heteroatoms. The molecule has 3 rings (SSSR count). The second-order valence-corrected chi connectivity index (χ2v) is 7.48. The number of aryl methyl sites for hydroxylation is 1. The Morgan fingerprint density at radius 3 is 2.96 bits per heavy atom. The van der Waals surface area contributed by atoms with Crippen molar-refractivity contribution >= 4 is 26.8 Å². The fourth-order valence-electron chi connectivity index (χ4n) is 2.76. The summed E-state index contributed by atoms with van der Waals surface area (Å²) in [6.45, 7) is 2.49. The van der Waals surface area contributed by atoms with Gasteiger partial charge < -0.3 is 5.32 Å². The molecule has 0 spiro atoms. The number of benzene rings is 1. The normalized spacial score (nSPS) is 19.3. The molecule has 0 radical (unpaired) electrons. The van der Waals surface area contributed by atoms with Gasteiger partial charge in [0.25, 0.3) is 0 Å². The van der Waals surface area contributed by atoms with Crippen LogP contribution >= 0.6 is 0 Å². The number of aromatic nitrogens is 1. The van der Waals surface area contributed by atoms with Gasteiger partial charge in [-0.1, -0.05) is 12.1 Å². The highest BCUT2D eigenvalue weighted by Crippen LogP contribution is 2.22. The Kier molecular flexibility index (Phi) is 4.32. The molecular weight excluding hydrogens is 314 g/mol. The van der Waals surface area contributed by atoms with Gasteiger partial charge in [0.1, 0.15) is 10.9 Å². The minimum Gasteiger partial charge on any atom is -0.355 e. The lowest BCUT2D eigenvalue weighted by atomic mass is 10.1. The van der Waals surface area contributed by atoms with Gasteiger partial charge in [0.15, 0.2) is 0 Å². The summed E-state index contributed by atoms with van der Waals surface area (Å²) < 4.78 is 28.0. The Labute approximate surface area is 135 Å². The largest absolute Gasteiger partial charge is 0.355 e. The number of hydrogen-bond acceptors (Lipinski definition) is 4. The maximum atomic E-state index is 12.7. The quantitative estimate of drug-likeness (QED) is 0.891. The van der Waals surface area contributed by atoms with E-state index >= 15 is 0 Å². The van der Waals surface area contributed by atoms with Crippen molar-refractivity contribution in [2.24, 2.45) is 0 Å². The monoisotopic (exact) mass is 333 g/mol. The lowest BCUT2D eigenvalue weighted by Gasteiger charge is -2.16. The van der Waals surface area contributed by atoms with Crippen LogP contribution in [-0.2, 0) is 14.8 Å². The van der Waals surface area contributed by atoms with E-state index in [0.717, 1.165) is 23.8 Å². The third kappa shape index (κ3) is 3.35. The van der Waals surface area contributed by atoms with Gasteiger partial charge in [0.05, 0.1) is 5.52 Å².